The molecule has 134 valence electrons. The summed E-state index contributed by atoms with van der Waals surface area (Å²) >= 11 is 0. The molecule has 0 spiro atoms. The SMILES string of the molecule is COc1ccc2[nH]c(=O)c(CCNC(=O)Cc3ccc(F)cc3)cc2c1. The second-order valence-corrected chi connectivity index (χ2v) is 5.98. The number of benzene rings is 2. The normalized spacial score (nSPS) is 10.7. The number of pyridine rings is 1. The molecule has 5 nitrogen and oxygen atoms in total. The van der Waals surface area contributed by atoms with Gasteiger partial charge in [0.1, 0.15) is 11.6 Å². The summed E-state index contributed by atoms with van der Waals surface area (Å²) in [7, 11) is 1.59. The average molecular weight is 354 g/mol. The van der Waals surface area contributed by atoms with Gasteiger partial charge in [-0.2, -0.15) is 0 Å². The highest BCUT2D eigenvalue weighted by atomic mass is 19.1. The molecule has 0 aliphatic carbocycles. The molecule has 0 atom stereocenters. The predicted octanol–water partition coefficient (Wildman–Crippen LogP) is 2.58. The van der Waals surface area contributed by atoms with E-state index < -0.39 is 0 Å². The Morgan fingerprint density at radius 1 is 1.15 bits per heavy atom. The summed E-state index contributed by atoms with van der Waals surface area (Å²) in [6.45, 7) is 0.346. The predicted molar refractivity (Wildman–Crippen MR) is 97.9 cm³/mol. The van der Waals surface area contributed by atoms with Crippen LogP contribution in [0.1, 0.15) is 11.1 Å². The number of amides is 1. The van der Waals surface area contributed by atoms with E-state index in [0.717, 1.165) is 16.5 Å². The van der Waals surface area contributed by atoms with Gasteiger partial charge in [-0.15, -0.1) is 0 Å². The van der Waals surface area contributed by atoms with Crippen LogP contribution in [0.4, 0.5) is 4.39 Å². The van der Waals surface area contributed by atoms with Gasteiger partial charge in [0.2, 0.25) is 5.91 Å². The number of H-pyrrole nitrogens is 1. The van der Waals surface area contributed by atoms with E-state index in [1.807, 2.05) is 12.1 Å². The second-order valence-electron chi connectivity index (χ2n) is 5.98. The van der Waals surface area contributed by atoms with Crippen molar-refractivity contribution in [2.75, 3.05) is 13.7 Å². The molecule has 1 amide bonds. The van der Waals surface area contributed by atoms with Crippen molar-refractivity contribution in [1.29, 1.82) is 0 Å². The van der Waals surface area contributed by atoms with Crippen molar-refractivity contribution in [3.63, 3.8) is 0 Å². The Kier molecular flexibility index (Phi) is 5.31. The van der Waals surface area contributed by atoms with Crippen molar-refractivity contribution in [3.8, 4) is 5.75 Å². The number of nitrogens with one attached hydrogen (secondary N) is 2. The summed E-state index contributed by atoms with van der Waals surface area (Å²) in [5, 5.41) is 3.65. The van der Waals surface area contributed by atoms with Crippen LogP contribution in [0.15, 0.2) is 53.3 Å². The first kappa shape index (κ1) is 17.7. The topological polar surface area (TPSA) is 71.2 Å². The van der Waals surface area contributed by atoms with Crippen LogP contribution in [0, 0.1) is 5.82 Å². The van der Waals surface area contributed by atoms with Crippen molar-refractivity contribution in [2.24, 2.45) is 0 Å². The molecular weight excluding hydrogens is 335 g/mol. The standard InChI is InChI=1S/C20H19FN2O3/c1-26-17-6-7-18-15(12-17)11-14(20(25)23-18)8-9-22-19(24)10-13-2-4-16(21)5-3-13/h2-7,11-12H,8-10H2,1H3,(H,22,24)(H,23,25). The first-order chi connectivity index (χ1) is 12.5. The van der Waals surface area contributed by atoms with Gasteiger partial charge in [-0.3, -0.25) is 9.59 Å². The minimum Gasteiger partial charge on any atom is -0.497 e. The molecule has 0 radical (unpaired) electrons. The molecule has 1 aromatic heterocycles. The third kappa shape index (κ3) is 4.27. The first-order valence-corrected chi connectivity index (χ1v) is 8.26. The van der Waals surface area contributed by atoms with Gasteiger partial charge < -0.3 is 15.0 Å². The summed E-state index contributed by atoms with van der Waals surface area (Å²) in [5.41, 5.74) is 1.89. The van der Waals surface area contributed by atoms with Gasteiger partial charge >= 0.3 is 0 Å². The van der Waals surface area contributed by atoms with Crippen LogP contribution in [0.3, 0.4) is 0 Å². The fourth-order valence-electron chi connectivity index (χ4n) is 2.73. The highest BCUT2D eigenvalue weighted by molar-refractivity contribution is 5.80. The van der Waals surface area contributed by atoms with Crippen LogP contribution in [0.2, 0.25) is 0 Å². The van der Waals surface area contributed by atoms with Crippen molar-refractivity contribution < 1.29 is 13.9 Å². The molecule has 26 heavy (non-hydrogen) atoms. The fourth-order valence-corrected chi connectivity index (χ4v) is 2.73. The van der Waals surface area contributed by atoms with E-state index >= 15 is 0 Å². The highest BCUT2D eigenvalue weighted by Gasteiger charge is 2.07. The number of hydrogen-bond donors (Lipinski definition) is 2. The van der Waals surface area contributed by atoms with Gasteiger partial charge in [-0.25, -0.2) is 4.39 Å². The number of aromatic nitrogens is 1. The lowest BCUT2D eigenvalue weighted by Gasteiger charge is -2.07. The van der Waals surface area contributed by atoms with E-state index in [1.165, 1.54) is 12.1 Å². The molecule has 2 aromatic carbocycles. The molecule has 3 rings (SSSR count). The lowest BCUT2D eigenvalue weighted by atomic mass is 10.1. The fraction of sp³-hybridized carbons (Fsp3) is 0.200. The number of carbonyl (C=O) groups excluding carboxylic acids is 1. The van der Waals surface area contributed by atoms with Gasteiger partial charge in [0, 0.05) is 23.0 Å². The Bertz CT molecular complexity index is 981. The average Bonchev–Trinajstić information content (AvgIpc) is 2.63. The molecule has 6 heteroatoms. The number of hydrogen-bond acceptors (Lipinski definition) is 3. The molecule has 0 saturated carbocycles. The highest BCUT2D eigenvalue weighted by Crippen LogP contribution is 2.18. The van der Waals surface area contributed by atoms with E-state index in [-0.39, 0.29) is 23.7 Å². The number of methoxy groups -OCH3 is 1. The summed E-state index contributed by atoms with van der Waals surface area (Å²) < 4.78 is 18.1. The van der Waals surface area contributed by atoms with Crippen LogP contribution in [0.5, 0.6) is 5.75 Å². The molecule has 2 N–H and O–H groups in total. The van der Waals surface area contributed by atoms with Gasteiger partial charge in [0.05, 0.1) is 13.5 Å². The number of carbonyl (C=O) groups is 1. The van der Waals surface area contributed by atoms with E-state index in [9.17, 15) is 14.0 Å². The van der Waals surface area contributed by atoms with Crippen molar-refractivity contribution in [3.05, 3.63) is 75.8 Å². The molecule has 3 aromatic rings. The molecule has 0 fully saturated rings. The van der Waals surface area contributed by atoms with Crippen molar-refractivity contribution in [2.45, 2.75) is 12.8 Å². The monoisotopic (exact) mass is 354 g/mol. The van der Waals surface area contributed by atoms with Crippen molar-refractivity contribution in [1.82, 2.24) is 10.3 Å². The molecule has 0 bridgehead atoms. The number of fused-ring (bicyclic) bond motifs is 1. The Morgan fingerprint density at radius 2 is 1.92 bits per heavy atom. The summed E-state index contributed by atoms with van der Waals surface area (Å²) in [4.78, 5) is 26.9. The third-order valence-electron chi connectivity index (χ3n) is 4.12. The molecule has 0 saturated heterocycles. The maximum absolute atomic E-state index is 12.9. The minimum absolute atomic E-state index is 0.171. The lowest BCUT2D eigenvalue weighted by Crippen LogP contribution is -2.28. The van der Waals surface area contributed by atoms with E-state index in [1.54, 1.807) is 31.4 Å². The Balaban J connectivity index is 1.61. The van der Waals surface area contributed by atoms with E-state index in [4.69, 9.17) is 4.74 Å². The maximum atomic E-state index is 12.9. The Hall–Kier alpha value is -3.15. The van der Waals surface area contributed by atoms with Gasteiger partial charge in [-0.05, 0) is 48.4 Å². The van der Waals surface area contributed by atoms with Crippen LogP contribution in [-0.2, 0) is 17.6 Å². The molecule has 0 aliphatic heterocycles. The number of ether oxygens (including phenoxy) is 1. The third-order valence-corrected chi connectivity index (χ3v) is 4.12. The number of halogens is 1. The smallest absolute Gasteiger partial charge is 0.251 e. The summed E-state index contributed by atoms with van der Waals surface area (Å²) in [6.07, 6.45) is 0.587. The first-order valence-electron chi connectivity index (χ1n) is 8.26. The van der Waals surface area contributed by atoms with Crippen LogP contribution >= 0.6 is 0 Å². The minimum atomic E-state index is -0.332. The van der Waals surface area contributed by atoms with Gasteiger partial charge in [0.15, 0.2) is 0 Å². The zero-order valence-electron chi connectivity index (χ0n) is 14.3. The van der Waals surface area contributed by atoms with E-state index in [2.05, 4.69) is 10.3 Å². The molecular formula is C20H19FN2O3. The Labute approximate surface area is 149 Å². The summed E-state index contributed by atoms with van der Waals surface area (Å²) in [6, 6.07) is 13.0. The number of aromatic amines is 1. The lowest BCUT2D eigenvalue weighted by molar-refractivity contribution is -0.120. The molecule has 0 aliphatic rings. The quantitative estimate of drug-likeness (QED) is 0.715. The Morgan fingerprint density at radius 3 is 2.65 bits per heavy atom. The number of rotatable bonds is 6. The van der Waals surface area contributed by atoms with E-state index in [0.29, 0.717) is 24.3 Å². The van der Waals surface area contributed by atoms with Gasteiger partial charge in [-0.1, -0.05) is 12.1 Å². The van der Waals surface area contributed by atoms with Crippen LogP contribution < -0.4 is 15.6 Å². The molecule has 0 unspecified atom stereocenters. The van der Waals surface area contributed by atoms with Crippen LogP contribution in [-0.4, -0.2) is 24.5 Å². The largest absolute Gasteiger partial charge is 0.497 e. The maximum Gasteiger partial charge on any atom is 0.251 e. The van der Waals surface area contributed by atoms with Gasteiger partial charge in [0.25, 0.3) is 5.56 Å². The van der Waals surface area contributed by atoms with Crippen molar-refractivity contribution >= 4 is 16.8 Å². The molecule has 1 heterocycles. The van der Waals surface area contributed by atoms with Crippen LogP contribution in [0.25, 0.3) is 10.9 Å². The zero-order valence-corrected chi connectivity index (χ0v) is 14.3. The zero-order chi connectivity index (χ0) is 18.5. The summed E-state index contributed by atoms with van der Waals surface area (Å²) in [5.74, 6) is 0.208. The second kappa shape index (κ2) is 7.82.